The molecule has 1 aromatic rings. The van der Waals surface area contributed by atoms with Gasteiger partial charge in [0.2, 0.25) is 5.91 Å². The van der Waals surface area contributed by atoms with E-state index in [4.69, 9.17) is 11.2 Å². The summed E-state index contributed by atoms with van der Waals surface area (Å²) >= 11 is 0. The predicted molar refractivity (Wildman–Crippen MR) is 91.7 cm³/mol. The summed E-state index contributed by atoms with van der Waals surface area (Å²) in [5, 5.41) is 6.39. The third-order valence-corrected chi connectivity index (χ3v) is 3.50. The number of rotatable bonds is 5. The summed E-state index contributed by atoms with van der Waals surface area (Å²) in [4.78, 5) is 18.3. The monoisotopic (exact) mass is 314 g/mol. The minimum Gasteiger partial charge on any atom is -0.497 e. The maximum Gasteiger partial charge on any atom is 0.229 e. The van der Waals surface area contributed by atoms with Gasteiger partial charge in [-0.1, -0.05) is 12.0 Å². The number of nitrogens with zero attached hydrogens (tertiary/aromatic N) is 2. The summed E-state index contributed by atoms with van der Waals surface area (Å²) in [6.45, 7) is 3.59. The molecule has 122 valence electrons. The zero-order valence-electron chi connectivity index (χ0n) is 13.5. The molecular weight excluding hydrogens is 292 g/mol. The molecule has 2 rings (SSSR count). The molecule has 1 aliphatic rings. The van der Waals surface area contributed by atoms with Gasteiger partial charge >= 0.3 is 0 Å². The third-order valence-electron chi connectivity index (χ3n) is 3.50. The first-order valence-corrected chi connectivity index (χ1v) is 7.60. The van der Waals surface area contributed by atoms with Crippen molar-refractivity contribution in [2.24, 2.45) is 4.99 Å². The average molecular weight is 314 g/mol. The van der Waals surface area contributed by atoms with Gasteiger partial charge in [0, 0.05) is 31.3 Å². The van der Waals surface area contributed by atoms with E-state index < -0.39 is 0 Å². The first-order valence-electron chi connectivity index (χ1n) is 7.60. The molecule has 1 unspecified atom stereocenters. The van der Waals surface area contributed by atoms with E-state index in [1.54, 1.807) is 12.0 Å². The zero-order valence-corrected chi connectivity index (χ0v) is 13.5. The Balaban J connectivity index is 2.05. The van der Waals surface area contributed by atoms with Crippen molar-refractivity contribution in [1.82, 2.24) is 10.6 Å². The second kappa shape index (κ2) is 8.08. The number of ether oxygens (including phenoxy) is 1. The van der Waals surface area contributed by atoms with Crippen LogP contribution in [0.5, 0.6) is 5.75 Å². The lowest BCUT2D eigenvalue weighted by Gasteiger charge is -2.19. The highest BCUT2D eigenvalue weighted by molar-refractivity contribution is 5.97. The molecule has 6 nitrogen and oxygen atoms in total. The van der Waals surface area contributed by atoms with Crippen LogP contribution in [0.15, 0.2) is 29.3 Å². The van der Waals surface area contributed by atoms with E-state index >= 15 is 0 Å². The minimum absolute atomic E-state index is 0.00993. The predicted octanol–water partition coefficient (Wildman–Crippen LogP) is 0.989. The fourth-order valence-electron chi connectivity index (χ4n) is 2.47. The molecule has 0 spiro atoms. The molecular formula is C17H22N4O2. The SMILES string of the molecule is C#CCN=C(NCC)NC1CC(=O)N(c2cccc(OC)c2)C1. The Labute approximate surface area is 136 Å². The van der Waals surface area contributed by atoms with E-state index in [1.807, 2.05) is 31.2 Å². The van der Waals surface area contributed by atoms with Crippen molar-refractivity contribution in [3.8, 4) is 18.1 Å². The molecule has 1 atom stereocenters. The second-order valence-corrected chi connectivity index (χ2v) is 5.15. The maximum atomic E-state index is 12.3. The van der Waals surface area contributed by atoms with Gasteiger partial charge in [0.15, 0.2) is 5.96 Å². The van der Waals surface area contributed by atoms with Gasteiger partial charge in [-0.2, -0.15) is 0 Å². The quantitative estimate of drug-likeness (QED) is 0.483. The van der Waals surface area contributed by atoms with Crippen LogP contribution in [-0.4, -0.2) is 44.7 Å². The number of hydrogen-bond donors (Lipinski definition) is 2. The summed E-state index contributed by atoms with van der Waals surface area (Å²) in [5.74, 6) is 3.92. The lowest BCUT2D eigenvalue weighted by atomic mass is 10.2. The van der Waals surface area contributed by atoms with Crippen LogP contribution in [0.4, 0.5) is 5.69 Å². The van der Waals surface area contributed by atoms with Crippen LogP contribution < -0.4 is 20.3 Å². The molecule has 23 heavy (non-hydrogen) atoms. The molecule has 1 heterocycles. The minimum atomic E-state index is -0.00993. The van der Waals surface area contributed by atoms with Crippen LogP contribution in [0.1, 0.15) is 13.3 Å². The van der Waals surface area contributed by atoms with Gasteiger partial charge in [-0.3, -0.25) is 4.79 Å². The van der Waals surface area contributed by atoms with Crippen LogP contribution >= 0.6 is 0 Å². The van der Waals surface area contributed by atoms with Crippen molar-refractivity contribution in [1.29, 1.82) is 0 Å². The van der Waals surface area contributed by atoms with Gasteiger partial charge in [0.1, 0.15) is 12.3 Å². The normalized spacial score (nSPS) is 17.8. The number of amides is 1. The molecule has 1 saturated heterocycles. The van der Waals surface area contributed by atoms with Crippen LogP contribution in [0.25, 0.3) is 0 Å². The average Bonchev–Trinajstić information content (AvgIpc) is 2.93. The van der Waals surface area contributed by atoms with Gasteiger partial charge in [-0.05, 0) is 19.1 Å². The fraction of sp³-hybridized carbons (Fsp3) is 0.412. The lowest BCUT2D eigenvalue weighted by molar-refractivity contribution is -0.117. The number of carbonyl (C=O) groups is 1. The molecule has 0 aliphatic carbocycles. The smallest absolute Gasteiger partial charge is 0.229 e. The molecule has 6 heteroatoms. The largest absolute Gasteiger partial charge is 0.497 e. The molecule has 0 aromatic heterocycles. The maximum absolute atomic E-state index is 12.3. The third kappa shape index (κ3) is 4.39. The number of benzene rings is 1. The Bertz CT molecular complexity index is 621. The summed E-state index contributed by atoms with van der Waals surface area (Å²) in [6.07, 6.45) is 5.66. The number of aliphatic imine (C=N–C) groups is 1. The molecule has 1 fully saturated rings. The number of methoxy groups -OCH3 is 1. The van der Waals surface area contributed by atoms with Gasteiger partial charge in [-0.15, -0.1) is 6.42 Å². The van der Waals surface area contributed by atoms with Crippen LogP contribution in [0.3, 0.4) is 0 Å². The number of carbonyl (C=O) groups excluding carboxylic acids is 1. The first-order chi connectivity index (χ1) is 11.2. The Kier molecular flexibility index (Phi) is 5.87. The number of hydrogen-bond acceptors (Lipinski definition) is 3. The van der Waals surface area contributed by atoms with Crippen molar-refractivity contribution < 1.29 is 9.53 Å². The highest BCUT2D eigenvalue weighted by atomic mass is 16.5. The fourth-order valence-corrected chi connectivity index (χ4v) is 2.47. The van der Waals surface area contributed by atoms with E-state index in [1.165, 1.54) is 0 Å². The lowest BCUT2D eigenvalue weighted by Crippen LogP contribution is -2.44. The van der Waals surface area contributed by atoms with Crippen molar-refractivity contribution >= 4 is 17.6 Å². The van der Waals surface area contributed by atoms with Gasteiger partial charge in [-0.25, -0.2) is 4.99 Å². The summed E-state index contributed by atoms with van der Waals surface area (Å²) < 4.78 is 5.22. The Hall–Kier alpha value is -2.68. The molecule has 1 aromatic carbocycles. The summed E-state index contributed by atoms with van der Waals surface area (Å²) in [7, 11) is 1.61. The standard InChI is InChI=1S/C17H22N4O2/c1-4-9-19-17(18-5-2)20-13-10-16(22)21(12-13)14-7-6-8-15(11-14)23-3/h1,6-8,11,13H,5,9-10,12H2,2-3H3,(H2,18,19,20). The van der Waals surface area contributed by atoms with Gasteiger partial charge in [0.25, 0.3) is 0 Å². The van der Waals surface area contributed by atoms with Crippen LogP contribution in [-0.2, 0) is 4.79 Å². The molecule has 2 N–H and O–H groups in total. The van der Waals surface area contributed by atoms with Gasteiger partial charge < -0.3 is 20.3 Å². The van der Waals surface area contributed by atoms with E-state index in [-0.39, 0.29) is 11.9 Å². The summed E-state index contributed by atoms with van der Waals surface area (Å²) in [6, 6.07) is 7.48. The topological polar surface area (TPSA) is 66.0 Å². The molecule has 0 radical (unpaired) electrons. The summed E-state index contributed by atoms with van der Waals surface area (Å²) in [5.41, 5.74) is 0.837. The Morgan fingerprint density at radius 2 is 2.39 bits per heavy atom. The number of nitrogens with one attached hydrogen (secondary N) is 2. The van der Waals surface area contributed by atoms with Crippen LogP contribution in [0.2, 0.25) is 0 Å². The Morgan fingerprint density at radius 3 is 3.09 bits per heavy atom. The van der Waals surface area contributed by atoms with Crippen molar-refractivity contribution in [2.75, 3.05) is 31.6 Å². The van der Waals surface area contributed by atoms with Crippen molar-refractivity contribution in [2.45, 2.75) is 19.4 Å². The second-order valence-electron chi connectivity index (χ2n) is 5.15. The van der Waals surface area contributed by atoms with E-state index in [0.29, 0.717) is 25.5 Å². The van der Waals surface area contributed by atoms with Crippen LogP contribution in [0, 0.1) is 12.3 Å². The highest BCUT2D eigenvalue weighted by Gasteiger charge is 2.31. The zero-order chi connectivity index (χ0) is 16.7. The first kappa shape index (κ1) is 16.7. The van der Waals surface area contributed by atoms with E-state index in [0.717, 1.165) is 18.0 Å². The van der Waals surface area contributed by atoms with E-state index in [9.17, 15) is 4.79 Å². The number of terminal acetylenes is 1. The molecule has 1 amide bonds. The van der Waals surface area contributed by atoms with E-state index in [2.05, 4.69) is 21.5 Å². The van der Waals surface area contributed by atoms with Gasteiger partial charge in [0.05, 0.1) is 13.2 Å². The van der Waals surface area contributed by atoms with Crippen molar-refractivity contribution in [3.63, 3.8) is 0 Å². The highest BCUT2D eigenvalue weighted by Crippen LogP contribution is 2.25. The number of guanidine groups is 1. The molecule has 0 saturated carbocycles. The molecule has 1 aliphatic heterocycles. The van der Waals surface area contributed by atoms with Crippen molar-refractivity contribution in [3.05, 3.63) is 24.3 Å². The Morgan fingerprint density at radius 1 is 1.57 bits per heavy atom. The number of anilines is 1. The molecule has 0 bridgehead atoms.